The Labute approximate surface area is 153 Å². The van der Waals surface area contributed by atoms with E-state index in [0.29, 0.717) is 30.0 Å². The molecule has 0 radical (unpaired) electrons. The quantitative estimate of drug-likeness (QED) is 0.722. The lowest BCUT2D eigenvalue weighted by molar-refractivity contribution is -0.116. The van der Waals surface area contributed by atoms with E-state index in [1.54, 1.807) is 24.3 Å². The van der Waals surface area contributed by atoms with Crippen LogP contribution in [0.3, 0.4) is 0 Å². The molecule has 2 aromatic carbocycles. The van der Waals surface area contributed by atoms with Gasteiger partial charge in [0.2, 0.25) is 5.91 Å². The zero-order chi connectivity index (χ0) is 18.2. The Morgan fingerprint density at radius 3 is 2.48 bits per heavy atom. The van der Waals surface area contributed by atoms with Crippen LogP contribution in [-0.4, -0.2) is 18.4 Å². The first-order valence-electron chi connectivity index (χ1n) is 8.43. The fraction of sp³-hybridized carbons (Fsp3) is 0.300. The van der Waals surface area contributed by atoms with Crippen molar-refractivity contribution in [2.24, 2.45) is 0 Å². The van der Waals surface area contributed by atoms with Crippen LogP contribution in [0.5, 0.6) is 0 Å². The number of aryl methyl sites for hydroxylation is 2. The van der Waals surface area contributed by atoms with E-state index in [1.165, 1.54) is 0 Å². The molecule has 2 amide bonds. The highest BCUT2D eigenvalue weighted by Crippen LogP contribution is 2.21. The first-order chi connectivity index (χ1) is 12.0. The Morgan fingerprint density at radius 2 is 1.80 bits per heavy atom. The van der Waals surface area contributed by atoms with E-state index in [4.69, 9.17) is 11.6 Å². The molecule has 0 aliphatic heterocycles. The first-order valence-corrected chi connectivity index (χ1v) is 8.81. The second-order valence-electron chi connectivity index (χ2n) is 5.88. The van der Waals surface area contributed by atoms with E-state index in [2.05, 4.69) is 17.6 Å². The number of rotatable bonds is 7. The van der Waals surface area contributed by atoms with Gasteiger partial charge in [-0.15, -0.1) is 0 Å². The summed E-state index contributed by atoms with van der Waals surface area (Å²) in [6.45, 7) is 4.50. The third kappa shape index (κ3) is 5.61. The summed E-state index contributed by atoms with van der Waals surface area (Å²) < 4.78 is 0. The SMILES string of the molecule is CCc1cccc(C)c1NC(=O)CCCNC(=O)c1ccc(Cl)cc1. The summed E-state index contributed by atoms with van der Waals surface area (Å²) in [5.41, 5.74) is 3.65. The molecule has 0 bridgehead atoms. The second-order valence-corrected chi connectivity index (χ2v) is 6.31. The molecule has 0 aliphatic rings. The minimum atomic E-state index is -0.163. The molecule has 0 saturated carbocycles. The molecule has 132 valence electrons. The average Bonchev–Trinajstić information content (AvgIpc) is 2.61. The van der Waals surface area contributed by atoms with Gasteiger partial charge in [-0.25, -0.2) is 0 Å². The van der Waals surface area contributed by atoms with Crippen molar-refractivity contribution in [2.75, 3.05) is 11.9 Å². The second kappa shape index (κ2) is 9.23. The van der Waals surface area contributed by atoms with Gasteiger partial charge in [-0.1, -0.05) is 36.7 Å². The Hall–Kier alpha value is -2.33. The van der Waals surface area contributed by atoms with Crippen molar-refractivity contribution in [1.82, 2.24) is 5.32 Å². The van der Waals surface area contributed by atoms with Gasteiger partial charge in [-0.05, 0) is 55.2 Å². The largest absolute Gasteiger partial charge is 0.352 e. The van der Waals surface area contributed by atoms with Crippen LogP contribution < -0.4 is 10.6 Å². The highest BCUT2D eigenvalue weighted by atomic mass is 35.5. The molecule has 0 saturated heterocycles. The predicted molar refractivity (Wildman–Crippen MR) is 102 cm³/mol. The van der Waals surface area contributed by atoms with Crippen molar-refractivity contribution < 1.29 is 9.59 Å². The van der Waals surface area contributed by atoms with Crippen molar-refractivity contribution in [3.05, 3.63) is 64.2 Å². The molecule has 2 rings (SSSR count). The van der Waals surface area contributed by atoms with Crippen LogP contribution in [0.25, 0.3) is 0 Å². The summed E-state index contributed by atoms with van der Waals surface area (Å²) in [5, 5.41) is 6.39. The number of hydrogen-bond donors (Lipinski definition) is 2. The van der Waals surface area contributed by atoms with Crippen LogP contribution in [0, 0.1) is 6.92 Å². The topological polar surface area (TPSA) is 58.2 Å². The number of amides is 2. The summed E-state index contributed by atoms with van der Waals surface area (Å²) in [6, 6.07) is 12.7. The van der Waals surface area contributed by atoms with Crippen LogP contribution in [0.15, 0.2) is 42.5 Å². The van der Waals surface area contributed by atoms with Crippen LogP contribution in [0.4, 0.5) is 5.69 Å². The molecular weight excluding hydrogens is 336 g/mol. The number of para-hydroxylation sites is 1. The smallest absolute Gasteiger partial charge is 0.251 e. The number of hydrogen-bond acceptors (Lipinski definition) is 2. The lowest BCUT2D eigenvalue weighted by atomic mass is 10.1. The van der Waals surface area contributed by atoms with Crippen molar-refractivity contribution in [3.8, 4) is 0 Å². The van der Waals surface area contributed by atoms with Crippen LogP contribution >= 0.6 is 11.6 Å². The van der Waals surface area contributed by atoms with E-state index < -0.39 is 0 Å². The Bertz CT molecular complexity index is 742. The number of carbonyl (C=O) groups is 2. The number of anilines is 1. The molecule has 0 aromatic heterocycles. The lowest BCUT2D eigenvalue weighted by Gasteiger charge is -2.13. The highest BCUT2D eigenvalue weighted by Gasteiger charge is 2.09. The van der Waals surface area contributed by atoms with E-state index in [0.717, 1.165) is 23.2 Å². The van der Waals surface area contributed by atoms with Gasteiger partial charge >= 0.3 is 0 Å². The van der Waals surface area contributed by atoms with Gasteiger partial charge in [0.25, 0.3) is 5.91 Å². The first kappa shape index (κ1) is 19.0. The summed E-state index contributed by atoms with van der Waals surface area (Å²) in [5.74, 6) is -0.200. The van der Waals surface area contributed by atoms with Gasteiger partial charge < -0.3 is 10.6 Å². The summed E-state index contributed by atoms with van der Waals surface area (Å²) in [7, 11) is 0. The van der Waals surface area contributed by atoms with E-state index >= 15 is 0 Å². The highest BCUT2D eigenvalue weighted by molar-refractivity contribution is 6.30. The maximum atomic E-state index is 12.1. The maximum Gasteiger partial charge on any atom is 0.251 e. The van der Waals surface area contributed by atoms with Crippen LogP contribution in [0.1, 0.15) is 41.3 Å². The van der Waals surface area contributed by atoms with Crippen molar-refractivity contribution in [3.63, 3.8) is 0 Å². The van der Waals surface area contributed by atoms with Gasteiger partial charge in [0.1, 0.15) is 0 Å². The Balaban J connectivity index is 1.77. The number of carbonyl (C=O) groups excluding carboxylic acids is 2. The standard InChI is InChI=1S/C20H23ClN2O2/c1-3-15-7-4-6-14(2)19(15)23-18(24)8-5-13-22-20(25)16-9-11-17(21)12-10-16/h4,6-7,9-12H,3,5,8,13H2,1-2H3,(H,22,25)(H,23,24). The van der Waals surface area contributed by atoms with Crippen LogP contribution in [0.2, 0.25) is 5.02 Å². The van der Waals surface area contributed by atoms with Crippen LogP contribution in [-0.2, 0) is 11.2 Å². The summed E-state index contributed by atoms with van der Waals surface area (Å²) >= 11 is 5.80. The molecular formula is C20H23ClN2O2. The Kier molecular flexibility index (Phi) is 7.02. The normalized spacial score (nSPS) is 10.4. The predicted octanol–water partition coefficient (Wildman–Crippen LogP) is 4.36. The third-order valence-corrected chi connectivity index (χ3v) is 4.23. The molecule has 25 heavy (non-hydrogen) atoms. The molecule has 4 nitrogen and oxygen atoms in total. The molecule has 0 heterocycles. The molecule has 5 heteroatoms. The fourth-order valence-electron chi connectivity index (χ4n) is 2.56. The van der Waals surface area contributed by atoms with Crippen molar-refractivity contribution in [1.29, 1.82) is 0 Å². The summed E-state index contributed by atoms with van der Waals surface area (Å²) in [4.78, 5) is 24.1. The molecule has 0 aliphatic carbocycles. The van der Waals surface area contributed by atoms with Gasteiger partial charge in [0.05, 0.1) is 0 Å². The van der Waals surface area contributed by atoms with Gasteiger partial charge in [0.15, 0.2) is 0 Å². The van der Waals surface area contributed by atoms with E-state index in [1.807, 2.05) is 25.1 Å². The fourth-order valence-corrected chi connectivity index (χ4v) is 2.68. The van der Waals surface area contributed by atoms with Gasteiger partial charge in [-0.2, -0.15) is 0 Å². The lowest BCUT2D eigenvalue weighted by Crippen LogP contribution is -2.25. The number of halogens is 1. The molecule has 0 unspecified atom stereocenters. The van der Waals surface area contributed by atoms with Crippen molar-refractivity contribution >= 4 is 29.1 Å². The number of benzene rings is 2. The average molecular weight is 359 g/mol. The monoisotopic (exact) mass is 358 g/mol. The minimum absolute atomic E-state index is 0.0373. The molecule has 0 atom stereocenters. The van der Waals surface area contributed by atoms with Crippen molar-refractivity contribution in [2.45, 2.75) is 33.1 Å². The zero-order valence-electron chi connectivity index (χ0n) is 14.6. The molecule has 0 spiro atoms. The van der Waals surface area contributed by atoms with Gasteiger partial charge in [0, 0.05) is 29.2 Å². The van der Waals surface area contributed by atoms with E-state index in [-0.39, 0.29) is 11.8 Å². The molecule has 2 aromatic rings. The minimum Gasteiger partial charge on any atom is -0.352 e. The maximum absolute atomic E-state index is 12.1. The zero-order valence-corrected chi connectivity index (χ0v) is 15.3. The number of nitrogens with one attached hydrogen (secondary N) is 2. The van der Waals surface area contributed by atoms with E-state index in [9.17, 15) is 9.59 Å². The molecule has 2 N–H and O–H groups in total. The molecule has 0 fully saturated rings. The van der Waals surface area contributed by atoms with Gasteiger partial charge in [-0.3, -0.25) is 9.59 Å². The third-order valence-electron chi connectivity index (χ3n) is 3.98. The Morgan fingerprint density at radius 1 is 1.08 bits per heavy atom. The summed E-state index contributed by atoms with van der Waals surface area (Å²) in [6.07, 6.45) is 1.81.